The van der Waals surface area contributed by atoms with Gasteiger partial charge in [0.25, 0.3) is 0 Å². The Kier molecular flexibility index (Phi) is 3.07. The number of fused-ring (bicyclic) bond motifs is 3. The van der Waals surface area contributed by atoms with E-state index in [4.69, 9.17) is 0 Å². The van der Waals surface area contributed by atoms with Gasteiger partial charge in [-0.05, 0) is 30.4 Å². The highest BCUT2D eigenvalue weighted by molar-refractivity contribution is 7.25. The van der Waals surface area contributed by atoms with Crippen molar-refractivity contribution in [2.75, 3.05) is 0 Å². The van der Waals surface area contributed by atoms with E-state index in [9.17, 15) is 0 Å². The predicted octanol–water partition coefficient (Wildman–Crippen LogP) is 4.36. The van der Waals surface area contributed by atoms with Gasteiger partial charge in [-0.25, -0.2) is 0 Å². The van der Waals surface area contributed by atoms with Crippen LogP contribution in [0.25, 0.3) is 20.2 Å². The van der Waals surface area contributed by atoms with Crippen molar-refractivity contribution in [3.8, 4) is 0 Å². The van der Waals surface area contributed by atoms with Crippen molar-refractivity contribution in [3.05, 3.63) is 42.0 Å². The maximum absolute atomic E-state index is 2.46. The molecular formula is C18H19BS. The molecule has 1 heterocycles. The molecule has 0 atom stereocenters. The van der Waals surface area contributed by atoms with Crippen molar-refractivity contribution < 1.29 is 0 Å². The average Bonchev–Trinajstić information content (AvgIpc) is 2.84. The second kappa shape index (κ2) is 4.93. The first-order valence-electron chi connectivity index (χ1n) is 7.74. The van der Waals surface area contributed by atoms with Crippen LogP contribution in [-0.2, 0) is 0 Å². The Morgan fingerprint density at radius 1 is 0.850 bits per heavy atom. The first kappa shape index (κ1) is 12.5. The molecule has 0 amide bonds. The van der Waals surface area contributed by atoms with E-state index in [0.717, 1.165) is 5.92 Å². The zero-order valence-electron chi connectivity index (χ0n) is 12.0. The lowest BCUT2D eigenvalue weighted by Crippen LogP contribution is -2.03. The maximum Gasteiger partial charge on any atom is 0.139 e. The molecule has 2 aromatic carbocycles. The lowest BCUT2D eigenvalue weighted by Gasteiger charge is -2.21. The van der Waals surface area contributed by atoms with Gasteiger partial charge >= 0.3 is 0 Å². The van der Waals surface area contributed by atoms with E-state index in [0.29, 0.717) is 0 Å². The first-order valence-corrected chi connectivity index (χ1v) is 8.56. The molecule has 0 saturated heterocycles. The topological polar surface area (TPSA) is 0 Å². The Morgan fingerprint density at radius 2 is 1.55 bits per heavy atom. The summed E-state index contributed by atoms with van der Waals surface area (Å²) in [6.07, 6.45) is 7.02. The number of benzene rings is 2. The normalized spacial score (nSPS) is 17.0. The quantitative estimate of drug-likeness (QED) is 0.580. The smallest absolute Gasteiger partial charge is 0.135 e. The van der Waals surface area contributed by atoms with E-state index >= 15 is 0 Å². The zero-order valence-corrected chi connectivity index (χ0v) is 12.8. The minimum Gasteiger partial charge on any atom is -0.135 e. The summed E-state index contributed by atoms with van der Waals surface area (Å²) in [5, 5.41) is 2.86. The van der Waals surface area contributed by atoms with Gasteiger partial charge < -0.3 is 0 Å². The molecule has 0 nitrogen and oxygen atoms in total. The standard InChI is InChI=1S/C18H19BS/c19-14-7-9-16-15-8-6-13(12-4-2-1-3-5-12)10-17(15)20-18(16)11-14/h6-12H,1-5,19H2. The Labute approximate surface area is 125 Å². The van der Waals surface area contributed by atoms with Crippen LogP contribution >= 0.6 is 11.3 Å². The van der Waals surface area contributed by atoms with Crippen LogP contribution in [0.2, 0.25) is 0 Å². The molecule has 1 saturated carbocycles. The molecule has 0 unspecified atom stereocenters. The predicted molar refractivity (Wildman–Crippen MR) is 93.3 cm³/mol. The van der Waals surface area contributed by atoms with Crippen LogP contribution in [-0.4, -0.2) is 7.85 Å². The summed E-state index contributed by atoms with van der Waals surface area (Å²) in [6.45, 7) is 0. The molecule has 0 bridgehead atoms. The summed E-state index contributed by atoms with van der Waals surface area (Å²) in [4.78, 5) is 0. The number of hydrogen-bond acceptors (Lipinski definition) is 1. The molecule has 1 aromatic heterocycles. The highest BCUT2D eigenvalue weighted by atomic mass is 32.1. The molecule has 20 heavy (non-hydrogen) atoms. The third kappa shape index (κ3) is 2.07. The van der Waals surface area contributed by atoms with Crippen LogP contribution in [0, 0.1) is 0 Å². The van der Waals surface area contributed by atoms with Gasteiger partial charge in [-0.2, -0.15) is 0 Å². The van der Waals surface area contributed by atoms with Gasteiger partial charge in [0.05, 0.1) is 0 Å². The largest absolute Gasteiger partial charge is 0.139 e. The summed E-state index contributed by atoms with van der Waals surface area (Å²) in [5.74, 6) is 0.806. The fourth-order valence-electron chi connectivity index (χ4n) is 3.59. The highest BCUT2D eigenvalue weighted by Gasteiger charge is 2.16. The molecule has 1 aliphatic rings. The van der Waals surface area contributed by atoms with E-state index in [1.807, 2.05) is 11.3 Å². The number of thiophene rings is 1. The average molecular weight is 278 g/mol. The van der Waals surface area contributed by atoms with Crippen LogP contribution in [0.1, 0.15) is 43.6 Å². The van der Waals surface area contributed by atoms with Gasteiger partial charge in [0, 0.05) is 20.2 Å². The summed E-state index contributed by atoms with van der Waals surface area (Å²) in [5.41, 5.74) is 2.93. The van der Waals surface area contributed by atoms with Crippen molar-refractivity contribution in [1.29, 1.82) is 0 Å². The van der Waals surface area contributed by atoms with Crippen LogP contribution in [0.3, 0.4) is 0 Å². The fraction of sp³-hybridized carbons (Fsp3) is 0.333. The molecule has 0 radical (unpaired) electrons. The van der Waals surface area contributed by atoms with Gasteiger partial charge in [0.2, 0.25) is 0 Å². The molecule has 3 aromatic rings. The van der Waals surface area contributed by atoms with Gasteiger partial charge in [-0.15, -0.1) is 11.3 Å². The molecular weight excluding hydrogens is 259 g/mol. The van der Waals surface area contributed by atoms with E-state index in [2.05, 4.69) is 44.2 Å². The molecule has 2 heteroatoms. The second-order valence-corrected chi connectivity index (χ2v) is 7.28. The van der Waals surface area contributed by atoms with E-state index < -0.39 is 0 Å². The van der Waals surface area contributed by atoms with Crippen molar-refractivity contribution in [2.45, 2.75) is 38.0 Å². The summed E-state index contributed by atoms with van der Waals surface area (Å²) < 4.78 is 2.90. The van der Waals surface area contributed by atoms with Crippen LogP contribution in [0.5, 0.6) is 0 Å². The molecule has 100 valence electrons. The SMILES string of the molecule is Bc1ccc2c(c1)sc1cc(C3CCCCC3)ccc12. The molecule has 0 aliphatic heterocycles. The number of rotatable bonds is 1. The first-order chi connectivity index (χ1) is 9.81. The van der Waals surface area contributed by atoms with Gasteiger partial charge in [0.1, 0.15) is 7.85 Å². The van der Waals surface area contributed by atoms with E-state index in [1.165, 1.54) is 57.7 Å². The van der Waals surface area contributed by atoms with Gasteiger partial charge in [0.15, 0.2) is 0 Å². The Balaban J connectivity index is 1.84. The van der Waals surface area contributed by atoms with Crippen molar-refractivity contribution >= 4 is 44.8 Å². The van der Waals surface area contributed by atoms with Crippen LogP contribution in [0.4, 0.5) is 0 Å². The summed E-state index contributed by atoms with van der Waals surface area (Å²) >= 11 is 1.95. The lowest BCUT2D eigenvalue weighted by molar-refractivity contribution is 0.444. The molecule has 1 fully saturated rings. The summed E-state index contributed by atoms with van der Waals surface area (Å²) in [7, 11) is 2.18. The molecule has 4 rings (SSSR count). The minimum absolute atomic E-state index is 0.806. The maximum atomic E-state index is 2.46. The minimum atomic E-state index is 0.806. The zero-order chi connectivity index (χ0) is 13.5. The van der Waals surface area contributed by atoms with Crippen molar-refractivity contribution in [1.82, 2.24) is 0 Å². The third-order valence-corrected chi connectivity index (χ3v) is 5.84. The highest BCUT2D eigenvalue weighted by Crippen LogP contribution is 2.38. The van der Waals surface area contributed by atoms with Crippen molar-refractivity contribution in [3.63, 3.8) is 0 Å². The van der Waals surface area contributed by atoms with E-state index in [1.54, 1.807) is 5.56 Å². The van der Waals surface area contributed by atoms with Crippen molar-refractivity contribution in [2.24, 2.45) is 0 Å². The third-order valence-electron chi connectivity index (χ3n) is 4.73. The monoisotopic (exact) mass is 278 g/mol. The Hall–Kier alpha value is -1.28. The fourth-order valence-corrected chi connectivity index (χ4v) is 4.84. The second-order valence-electron chi connectivity index (χ2n) is 6.19. The number of hydrogen-bond donors (Lipinski definition) is 0. The molecule has 0 spiro atoms. The Bertz CT molecular complexity index is 766. The lowest BCUT2D eigenvalue weighted by atomic mass is 9.84. The molecule has 1 aliphatic carbocycles. The van der Waals surface area contributed by atoms with Crippen LogP contribution in [0.15, 0.2) is 36.4 Å². The molecule has 0 N–H and O–H groups in total. The summed E-state index contributed by atoms with van der Waals surface area (Å²) in [6, 6.07) is 14.0. The van der Waals surface area contributed by atoms with E-state index in [-0.39, 0.29) is 0 Å². The Morgan fingerprint density at radius 3 is 2.35 bits per heavy atom. The van der Waals surface area contributed by atoms with Crippen LogP contribution < -0.4 is 5.46 Å². The van der Waals surface area contributed by atoms with Gasteiger partial charge in [-0.3, -0.25) is 0 Å². The van der Waals surface area contributed by atoms with Gasteiger partial charge in [-0.1, -0.05) is 55.1 Å².